The van der Waals surface area contributed by atoms with E-state index in [4.69, 9.17) is 4.74 Å². The van der Waals surface area contributed by atoms with Gasteiger partial charge in [0.1, 0.15) is 5.60 Å². The molecule has 1 aliphatic heterocycles. The standard InChI is InChI=1S/C14H21BrN4O2S/c1-14(2,3)21-13(20)16-10-8-4-5-9(10)7-19(6-8)12-18-17-11(15)22-12/h8-10H,4-7H2,1-3H3,(H,16,20). The SMILES string of the molecule is CC(C)(C)OC(=O)NC1C2CCC1CN(c1nnc(Br)s1)C2. The van der Waals surface area contributed by atoms with Gasteiger partial charge in [0.05, 0.1) is 0 Å². The zero-order valence-electron chi connectivity index (χ0n) is 13.0. The molecular formula is C14H21BrN4O2S. The van der Waals surface area contributed by atoms with Crippen LogP contribution in [0.5, 0.6) is 0 Å². The Morgan fingerprint density at radius 3 is 2.45 bits per heavy atom. The minimum absolute atomic E-state index is 0.211. The number of hydrogen-bond acceptors (Lipinski definition) is 6. The second-order valence-electron chi connectivity index (χ2n) is 7.01. The molecule has 2 heterocycles. The van der Waals surface area contributed by atoms with E-state index in [-0.39, 0.29) is 12.1 Å². The molecule has 2 atom stereocenters. The van der Waals surface area contributed by atoms with E-state index in [1.165, 1.54) is 0 Å². The molecule has 1 saturated heterocycles. The number of fused-ring (bicyclic) bond motifs is 2. The maximum absolute atomic E-state index is 12.0. The number of halogens is 1. The van der Waals surface area contributed by atoms with E-state index in [2.05, 4.69) is 36.3 Å². The monoisotopic (exact) mass is 388 g/mol. The largest absolute Gasteiger partial charge is 0.444 e. The molecule has 2 fully saturated rings. The molecule has 122 valence electrons. The first kappa shape index (κ1) is 16.0. The van der Waals surface area contributed by atoms with Crippen molar-refractivity contribution in [1.82, 2.24) is 15.5 Å². The molecule has 2 unspecified atom stereocenters. The van der Waals surface area contributed by atoms with Crippen molar-refractivity contribution in [3.05, 3.63) is 3.92 Å². The Morgan fingerprint density at radius 1 is 1.32 bits per heavy atom. The summed E-state index contributed by atoms with van der Waals surface area (Å²) in [6, 6.07) is 0.211. The molecule has 1 aromatic heterocycles. The van der Waals surface area contributed by atoms with Crippen molar-refractivity contribution in [3.8, 4) is 0 Å². The van der Waals surface area contributed by atoms with Gasteiger partial charge in [-0.15, -0.1) is 10.2 Å². The summed E-state index contributed by atoms with van der Waals surface area (Å²) in [5.74, 6) is 0.905. The summed E-state index contributed by atoms with van der Waals surface area (Å²) in [6.07, 6.45) is 1.98. The fourth-order valence-electron chi connectivity index (χ4n) is 3.38. The number of amides is 1. The van der Waals surface area contributed by atoms with Crippen molar-refractivity contribution in [2.45, 2.75) is 45.3 Å². The van der Waals surface area contributed by atoms with Gasteiger partial charge in [0, 0.05) is 19.1 Å². The van der Waals surface area contributed by atoms with E-state index in [0.29, 0.717) is 11.8 Å². The number of rotatable bonds is 2. The van der Waals surface area contributed by atoms with Crippen molar-refractivity contribution in [3.63, 3.8) is 0 Å². The molecule has 1 N–H and O–H groups in total. The molecule has 22 heavy (non-hydrogen) atoms. The average Bonchev–Trinajstić information content (AvgIpc) is 2.89. The summed E-state index contributed by atoms with van der Waals surface area (Å²) < 4.78 is 6.20. The number of piperidine rings is 1. The molecule has 2 bridgehead atoms. The number of aromatic nitrogens is 2. The summed E-state index contributed by atoms with van der Waals surface area (Å²) in [6.45, 7) is 7.49. The van der Waals surface area contributed by atoms with Gasteiger partial charge in [-0.25, -0.2) is 4.79 Å². The molecule has 0 radical (unpaired) electrons. The Morgan fingerprint density at radius 2 is 1.95 bits per heavy atom. The number of carbonyl (C=O) groups is 1. The van der Waals surface area contributed by atoms with Crippen LogP contribution in [0.25, 0.3) is 0 Å². The van der Waals surface area contributed by atoms with Crippen LogP contribution in [0.1, 0.15) is 33.6 Å². The Hall–Kier alpha value is -0.890. The highest BCUT2D eigenvalue weighted by molar-refractivity contribution is 9.11. The molecule has 1 aromatic rings. The molecular weight excluding hydrogens is 368 g/mol. The van der Waals surface area contributed by atoms with Crippen molar-refractivity contribution >= 4 is 38.5 Å². The smallest absolute Gasteiger partial charge is 0.407 e. The molecule has 8 heteroatoms. The van der Waals surface area contributed by atoms with Gasteiger partial charge < -0.3 is 15.0 Å². The minimum Gasteiger partial charge on any atom is -0.444 e. The summed E-state index contributed by atoms with van der Waals surface area (Å²) in [5, 5.41) is 12.3. The lowest BCUT2D eigenvalue weighted by molar-refractivity contribution is 0.0472. The first-order valence-electron chi connectivity index (χ1n) is 7.55. The quantitative estimate of drug-likeness (QED) is 0.842. The van der Waals surface area contributed by atoms with Gasteiger partial charge in [-0.2, -0.15) is 0 Å². The van der Waals surface area contributed by atoms with Crippen LogP contribution in [0, 0.1) is 11.8 Å². The molecule has 1 aliphatic carbocycles. The number of nitrogens with one attached hydrogen (secondary N) is 1. The number of anilines is 1. The lowest BCUT2D eigenvalue weighted by Gasteiger charge is -2.38. The maximum Gasteiger partial charge on any atom is 0.407 e. The van der Waals surface area contributed by atoms with Gasteiger partial charge in [-0.05, 0) is 61.4 Å². The Kier molecular flexibility index (Phi) is 4.33. The van der Waals surface area contributed by atoms with E-state index in [1.807, 2.05) is 20.8 Å². The van der Waals surface area contributed by atoms with Gasteiger partial charge in [0.15, 0.2) is 3.92 Å². The fourth-order valence-corrected chi connectivity index (χ4v) is 4.49. The second kappa shape index (κ2) is 5.96. The number of carbonyl (C=O) groups excluding carboxylic acids is 1. The maximum atomic E-state index is 12.0. The van der Waals surface area contributed by atoms with Crippen LogP contribution in [-0.4, -0.2) is 41.0 Å². The van der Waals surface area contributed by atoms with Gasteiger partial charge >= 0.3 is 6.09 Å². The molecule has 3 rings (SSSR count). The minimum atomic E-state index is -0.456. The van der Waals surface area contributed by atoms with E-state index in [9.17, 15) is 4.79 Å². The van der Waals surface area contributed by atoms with Crippen LogP contribution in [0.4, 0.5) is 9.93 Å². The summed E-state index contributed by atoms with van der Waals surface area (Å²) in [4.78, 5) is 14.3. The van der Waals surface area contributed by atoms with Crippen LogP contribution >= 0.6 is 27.3 Å². The molecule has 1 saturated carbocycles. The normalized spacial score (nSPS) is 27.8. The zero-order chi connectivity index (χ0) is 15.9. The molecule has 0 aromatic carbocycles. The number of hydrogen-bond donors (Lipinski definition) is 1. The lowest BCUT2D eigenvalue weighted by atomic mass is 9.92. The van der Waals surface area contributed by atoms with Crippen LogP contribution < -0.4 is 10.2 Å². The van der Waals surface area contributed by atoms with Crippen LogP contribution in [-0.2, 0) is 4.74 Å². The van der Waals surface area contributed by atoms with Crippen LogP contribution in [0.2, 0.25) is 0 Å². The van der Waals surface area contributed by atoms with Crippen molar-refractivity contribution in [2.75, 3.05) is 18.0 Å². The predicted octanol–water partition coefficient (Wildman–Crippen LogP) is 3.04. The first-order chi connectivity index (χ1) is 10.3. The van der Waals surface area contributed by atoms with Gasteiger partial charge in [-0.3, -0.25) is 0 Å². The highest BCUT2D eigenvalue weighted by atomic mass is 79.9. The van der Waals surface area contributed by atoms with Gasteiger partial charge in [0.2, 0.25) is 5.13 Å². The predicted molar refractivity (Wildman–Crippen MR) is 89.2 cm³/mol. The third-order valence-electron chi connectivity index (χ3n) is 4.18. The fraction of sp³-hybridized carbons (Fsp3) is 0.786. The molecule has 0 spiro atoms. The number of ether oxygens (including phenoxy) is 1. The van der Waals surface area contributed by atoms with Crippen molar-refractivity contribution < 1.29 is 9.53 Å². The topological polar surface area (TPSA) is 67.3 Å². The first-order valence-corrected chi connectivity index (χ1v) is 9.16. The summed E-state index contributed by atoms with van der Waals surface area (Å²) in [7, 11) is 0. The van der Waals surface area contributed by atoms with E-state index in [1.54, 1.807) is 11.3 Å². The van der Waals surface area contributed by atoms with Crippen LogP contribution in [0.3, 0.4) is 0 Å². The van der Waals surface area contributed by atoms with E-state index in [0.717, 1.165) is 35.0 Å². The highest BCUT2D eigenvalue weighted by Crippen LogP contribution is 2.39. The molecule has 1 amide bonds. The Labute approximate surface area is 142 Å². The third kappa shape index (κ3) is 3.53. The summed E-state index contributed by atoms with van der Waals surface area (Å²) >= 11 is 4.92. The number of nitrogens with zero attached hydrogens (tertiary/aromatic N) is 3. The van der Waals surface area contributed by atoms with Crippen LogP contribution in [0.15, 0.2) is 3.92 Å². The van der Waals surface area contributed by atoms with Gasteiger partial charge in [-0.1, -0.05) is 11.3 Å². The van der Waals surface area contributed by atoms with Gasteiger partial charge in [0.25, 0.3) is 0 Å². The Balaban J connectivity index is 1.62. The third-order valence-corrected chi connectivity index (χ3v) is 5.59. The average molecular weight is 389 g/mol. The zero-order valence-corrected chi connectivity index (χ0v) is 15.4. The highest BCUT2D eigenvalue weighted by Gasteiger charge is 2.44. The second-order valence-corrected chi connectivity index (χ2v) is 9.24. The van der Waals surface area contributed by atoms with E-state index >= 15 is 0 Å². The Bertz CT molecular complexity index is 545. The summed E-state index contributed by atoms with van der Waals surface area (Å²) in [5.41, 5.74) is -0.456. The number of alkyl carbamates (subject to hydrolysis) is 1. The molecule has 6 nitrogen and oxygen atoms in total. The lowest BCUT2D eigenvalue weighted by Crippen LogP contribution is -2.53. The van der Waals surface area contributed by atoms with Crippen molar-refractivity contribution in [1.29, 1.82) is 0 Å². The van der Waals surface area contributed by atoms with E-state index < -0.39 is 5.60 Å². The molecule has 2 aliphatic rings. The van der Waals surface area contributed by atoms with Crippen molar-refractivity contribution in [2.24, 2.45) is 11.8 Å².